The fraction of sp³-hybridized carbons (Fsp3) is 0.417. The highest BCUT2D eigenvalue weighted by atomic mass is 79.9. The van der Waals surface area contributed by atoms with Crippen LogP contribution in [0.4, 0.5) is 0 Å². The lowest BCUT2D eigenvalue weighted by molar-refractivity contribution is 0.0563. The molecule has 1 aromatic carbocycles. The average Bonchev–Trinajstić information content (AvgIpc) is 2.31. The van der Waals surface area contributed by atoms with Crippen LogP contribution in [0.3, 0.4) is 0 Å². The van der Waals surface area contributed by atoms with Crippen molar-refractivity contribution in [2.24, 2.45) is 0 Å². The average molecular weight is 266 g/mol. The molecule has 1 aliphatic heterocycles. The minimum absolute atomic E-state index is 0.432. The molecule has 0 amide bonds. The molecule has 1 saturated heterocycles. The number of hydrogen-bond acceptors (Lipinski definition) is 2. The molecule has 0 radical (unpaired) electrons. The second-order valence-electron chi connectivity index (χ2n) is 3.86. The summed E-state index contributed by atoms with van der Waals surface area (Å²) in [4.78, 5) is 0. The lowest BCUT2D eigenvalue weighted by Gasteiger charge is -2.30. The van der Waals surface area contributed by atoms with E-state index in [0.717, 1.165) is 29.5 Å². The van der Waals surface area contributed by atoms with Gasteiger partial charge in [-0.3, -0.25) is 0 Å². The molecule has 0 unspecified atom stereocenters. The predicted molar refractivity (Wildman–Crippen MR) is 61.5 cm³/mol. The fourth-order valence-electron chi connectivity index (χ4n) is 1.94. The van der Waals surface area contributed by atoms with Crippen molar-refractivity contribution in [1.82, 2.24) is 0 Å². The first-order valence-corrected chi connectivity index (χ1v) is 5.81. The van der Waals surface area contributed by atoms with Gasteiger partial charge < -0.3 is 4.74 Å². The van der Waals surface area contributed by atoms with Crippen LogP contribution in [0.1, 0.15) is 18.4 Å². The third-order valence-electron chi connectivity index (χ3n) is 2.85. The molecule has 0 spiro atoms. The molecule has 0 aromatic heterocycles. The number of halogens is 1. The number of rotatable bonds is 1. The van der Waals surface area contributed by atoms with E-state index in [0.29, 0.717) is 6.61 Å². The van der Waals surface area contributed by atoms with Crippen LogP contribution in [0.25, 0.3) is 0 Å². The molecular weight excluding hydrogens is 254 g/mol. The van der Waals surface area contributed by atoms with Gasteiger partial charge in [-0.15, -0.1) is 0 Å². The first kappa shape index (κ1) is 10.7. The first-order chi connectivity index (χ1) is 7.27. The van der Waals surface area contributed by atoms with Crippen LogP contribution in [0, 0.1) is 11.3 Å². The fourth-order valence-corrected chi connectivity index (χ4v) is 2.21. The molecule has 0 bridgehead atoms. The SMILES string of the molecule is N#C[C@]1(c2ccc(Br)cc2)CCCOC1. The third kappa shape index (κ3) is 2.06. The molecule has 15 heavy (non-hydrogen) atoms. The molecule has 1 aromatic rings. The molecule has 3 heteroatoms. The quantitative estimate of drug-likeness (QED) is 0.782. The van der Waals surface area contributed by atoms with Crippen molar-refractivity contribution in [2.75, 3.05) is 13.2 Å². The lowest BCUT2D eigenvalue weighted by atomic mass is 9.78. The Morgan fingerprint density at radius 2 is 2.07 bits per heavy atom. The largest absolute Gasteiger partial charge is 0.379 e. The van der Waals surface area contributed by atoms with Crippen molar-refractivity contribution in [3.05, 3.63) is 34.3 Å². The molecule has 0 aliphatic carbocycles. The Morgan fingerprint density at radius 3 is 2.60 bits per heavy atom. The van der Waals surface area contributed by atoms with E-state index >= 15 is 0 Å². The Kier molecular flexibility index (Phi) is 3.08. The van der Waals surface area contributed by atoms with Crippen molar-refractivity contribution in [3.8, 4) is 6.07 Å². The van der Waals surface area contributed by atoms with Crippen LogP contribution < -0.4 is 0 Å². The highest BCUT2D eigenvalue weighted by molar-refractivity contribution is 9.10. The molecule has 2 nitrogen and oxygen atoms in total. The Morgan fingerprint density at radius 1 is 1.33 bits per heavy atom. The van der Waals surface area contributed by atoms with Crippen molar-refractivity contribution >= 4 is 15.9 Å². The van der Waals surface area contributed by atoms with E-state index in [1.807, 2.05) is 24.3 Å². The van der Waals surface area contributed by atoms with Crippen molar-refractivity contribution in [3.63, 3.8) is 0 Å². The highest BCUT2D eigenvalue weighted by Crippen LogP contribution is 2.32. The zero-order valence-electron chi connectivity index (χ0n) is 8.37. The summed E-state index contributed by atoms with van der Waals surface area (Å²) in [5, 5.41) is 9.32. The van der Waals surface area contributed by atoms with Crippen molar-refractivity contribution in [1.29, 1.82) is 5.26 Å². The van der Waals surface area contributed by atoms with E-state index < -0.39 is 5.41 Å². The summed E-state index contributed by atoms with van der Waals surface area (Å²) in [6.45, 7) is 1.30. The van der Waals surface area contributed by atoms with E-state index in [1.54, 1.807) is 0 Å². The van der Waals surface area contributed by atoms with Gasteiger partial charge in [0.2, 0.25) is 0 Å². The van der Waals surface area contributed by atoms with E-state index in [9.17, 15) is 5.26 Å². The summed E-state index contributed by atoms with van der Waals surface area (Å²) in [5.74, 6) is 0. The van der Waals surface area contributed by atoms with Crippen LogP contribution in [-0.2, 0) is 10.2 Å². The third-order valence-corrected chi connectivity index (χ3v) is 3.38. The zero-order valence-corrected chi connectivity index (χ0v) is 9.96. The molecule has 78 valence electrons. The van der Waals surface area contributed by atoms with Gasteiger partial charge >= 0.3 is 0 Å². The summed E-state index contributed by atoms with van der Waals surface area (Å²) in [6, 6.07) is 10.4. The number of benzene rings is 1. The molecule has 0 saturated carbocycles. The van der Waals surface area contributed by atoms with E-state index in [1.165, 1.54) is 0 Å². The maximum absolute atomic E-state index is 9.32. The van der Waals surface area contributed by atoms with Crippen LogP contribution in [-0.4, -0.2) is 13.2 Å². The maximum atomic E-state index is 9.32. The number of hydrogen-bond donors (Lipinski definition) is 0. The molecule has 1 aliphatic rings. The topological polar surface area (TPSA) is 33.0 Å². The zero-order chi connectivity index (χ0) is 10.7. The van der Waals surface area contributed by atoms with Gasteiger partial charge in [0, 0.05) is 11.1 Å². The molecule has 1 atom stereocenters. The van der Waals surface area contributed by atoms with Gasteiger partial charge in [0.1, 0.15) is 5.41 Å². The van der Waals surface area contributed by atoms with Gasteiger partial charge in [-0.05, 0) is 30.5 Å². The highest BCUT2D eigenvalue weighted by Gasteiger charge is 2.34. The van der Waals surface area contributed by atoms with Crippen molar-refractivity contribution < 1.29 is 4.74 Å². The summed E-state index contributed by atoms with van der Waals surface area (Å²) in [6.07, 6.45) is 1.86. The molecule has 0 N–H and O–H groups in total. The van der Waals surface area contributed by atoms with Gasteiger partial charge in [0.15, 0.2) is 0 Å². The van der Waals surface area contributed by atoms with E-state index in [4.69, 9.17) is 4.74 Å². The number of nitrogens with zero attached hydrogens (tertiary/aromatic N) is 1. The van der Waals surface area contributed by atoms with Crippen molar-refractivity contribution in [2.45, 2.75) is 18.3 Å². The van der Waals surface area contributed by atoms with Gasteiger partial charge in [0.05, 0.1) is 12.7 Å². The Balaban J connectivity index is 2.33. The Bertz CT molecular complexity index is 374. The van der Waals surface area contributed by atoms with E-state index in [2.05, 4.69) is 22.0 Å². The van der Waals surface area contributed by atoms with E-state index in [-0.39, 0.29) is 0 Å². The normalized spacial score (nSPS) is 25.9. The van der Waals surface area contributed by atoms with Gasteiger partial charge in [-0.25, -0.2) is 0 Å². The summed E-state index contributed by atoms with van der Waals surface area (Å²) in [5.41, 5.74) is 0.631. The summed E-state index contributed by atoms with van der Waals surface area (Å²) in [7, 11) is 0. The summed E-state index contributed by atoms with van der Waals surface area (Å²) >= 11 is 3.39. The second-order valence-corrected chi connectivity index (χ2v) is 4.77. The minimum atomic E-state index is -0.432. The van der Waals surface area contributed by atoms with Crippen LogP contribution in [0.2, 0.25) is 0 Å². The number of nitriles is 1. The molecule has 1 heterocycles. The van der Waals surface area contributed by atoms with Crippen LogP contribution in [0.15, 0.2) is 28.7 Å². The monoisotopic (exact) mass is 265 g/mol. The number of ether oxygens (including phenoxy) is 1. The minimum Gasteiger partial charge on any atom is -0.379 e. The predicted octanol–water partition coefficient (Wildman–Crippen LogP) is 3.02. The van der Waals surface area contributed by atoms with Gasteiger partial charge in [-0.2, -0.15) is 5.26 Å². The van der Waals surface area contributed by atoms with Crippen LogP contribution in [0.5, 0.6) is 0 Å². The van der Waals surface area contributed by atoms with Gasteiger partial charge in [-0.1, -0.05) is 28.1 Å². The Labute approximate surface area is 98.0 Å². The molecular formula is C12H12BrNO. The first-order valence-electron chi connectivity index (χ1n) is 5.02. The summed E-state index contributed by atoms with van der Waals surface area (Å²) < 4.78 is 6.46. The lowest BCUT2D eigenvalue weighted by Crippen LogP contribution is -2.34. The van der Waals surface area contributed by atoms with Gasteiger partial charge in [0.25, 0.3) is 0 Å². The maximum Gasteiger partial charge on any atom is 0.106 e. The smallest absolute Gasteiger partial charge is 0.106 e. The second kappa shape index (κ2) is 4.34. The molecule has 1 fully saturated rings. The van der Waals surface area contributed by atoms with Crippen LogP contribution >= 0.6 is 15.9 Å². The standard InChI is InChI=1S/C12H12BrNO/c13-11-4-2-10(3-5-11)12(8-14)6-1-7-15-9-12/h2-5H,1,6-7,9H2/t12-/m1/s1. The Hall–Kier alpha value is -0.850. The molecule has 2 rings (SSSR count).